The van der Waals surface area contributed by atoms with Gasteiger partial charge in [0, 0.05) is 12.2 Å². The first-order valence-electron chi connectivity index (χ1n) is 7.65. The van der Waals surface area contributed by atoms with Crippen molar-refractivity contribution < 1.29 is 13.5 Å². The largest absolute Gasteiger partial charge is 0.391 e. The highest BCUT2D eigenvalue weighted by atomic mass is 32.2. The molecular formula is C16H23N3O3S. The zero-order valence-corrected chi connectivity index (χ0v) is 14.4. The third-order valence-corrected chi connectivity index (χ3v) is 5.30. The van der Waals surface area contributed by atoms with E-state index < -0.39 is 16.1 Å². The zero-order valence-electron chi connectivity index (χ0n) is 13.6. The molecule has 0 fully saturated rings. The van der Waals surface area contributed by atoms with Crippen LogP contribution in [0.4, 0.5) is 5.69 Å². The summed E-state index contributed by atoms with van der Waals surface area (Å²) in [6.07, 6.45) is 2.77. The second-order valence-corrected chi connectivity index (χ2v) is 7.50. The number of para-hydroxylation sites is 1. The average Bonchev–Trinajstić information content (AvgIpc) is 3.04. The molecule has 0 aliphatic carbocycles. The molecular weight excluding hydrogens is 314 g/mol. The van der Waals surface area contributed by atoms with Crippen LogP contribution in [-0.2, 0) is 10.0 Å². The Morgan fingerprint density at radius 2 is 1.91 bits per heavy atom. The number of benzene rings is 1. The van der Waals surface area contributed by atoms with Gasteiger partial charge in [0.2, 0.25) is 0 Å². The summed E-state index contributed by atoms with van der Waals surface area (Å²) in [5, 5.41) is 9.95. The molecule has 2 rings (SSSR count). The van der Waals surface area contributed by atoms with Gasteiger partial charge in [0.25, 0.3) is 10.0 Å². The Kier molecular flexibility index (Phi) is 5.43. The number of imidazole rings is 1. The molecule has 0 aliphatic rings. The van der Waals surface area contributed by atoms with Gasteiger partial charge in [0.15, 0.2) is 5.03 Å². The van der Waals surface area contributed by atoms with Gasteiger partial charge in [-0.15, -0.1) is 0 Å². The summed E-state index contributed by atoms with van der Waals surface area (Å²) in [4.78, 5) is 4.04. The third-order valence-electron chi connectivity index (χ3n) is 3.62. The van der Waals surface area contributed by atoms with Crippen LogP contribution in [0, 0.1) is 0 Å². The first kappa shape index (κ1) is 17.5. The van der Waals surface area contributed by atoms with E-state index in [1.165, 1.54) is 16.8 Å². The number of hydrogen-bond donors (Lipinski definition) is 1. The lowest BCUT2D eigenvalue weighted by Crippen LogP contribution is -2.37. The van der Waals surface area contributed by atoms with Crippen LogP contribution in [-0.4, -0.2) is 35.7 Å². The Balaban J connectivity index is 2.43. The van der Waals surface area contributed by atoms with Crippen molar-refractivity contribution in [1.29, 1.82) is 0 Å². The van der Waals surface area contributed by atoms with Crippen LogP contribution in [0.3, 0.4) is 0 Å². The lowest BCUT2D eigenvalue weighted by molar-refractivity contribution is 0.179. The van der Waals surface area contributed by atoms with Crippen molar-refractivity contribution in [3.05, 3.63) is 42.9 Å². The molecule has 1 unspecified atom stereocenters. The summed E-state index contributed by atoms with van der Waals surface area (Å²) < 4.78 is 28.9. The predicted octanol–water partition coefficient (Wildman–Crippen LogP) is 2.43. The highest BCUT2D eigenvalue weighted by Gasteiger charge is 2.29. The minimum Gasteiger partial charge on any atom is -0.391 e. The fourth-order valence-electron chi connectivity index (χ4n) is 2.10. The van der Waals surface area contributed by atoms with E-state index in [9.17, 15) is 13.5 Å². The average molecular weight is 337 g/mol. The number of rotatable bonds is 7. The fraction of sp³-hybridized carbons (Fsp3) is 0.438. The van der Waals surface area contributed by atoms with Gasteiger partial charge in [-0.25, -0.2) is 4.98 Å². The first-order chi connectivity index (χ1) is 10.9. The van der Waals surface area contributed by atoms with Crippen LogP contribution in [0.2, 0.25) is 0 Å². The lowest BCUT2D eigenvalue weighted by atomic mass is 10.2. The van der Waals surface area contributed by atoms with E-state index in [-0.39, 0.29) is 17.6 Å². The van der Waals surface area contributed by atoms with Crippen LogP contribution in [0.1, 0.15) is 33.2 Å². The SMILES string of the molecule is CCC(O)CN(c1ccccc1)S(=O)(=O)c1cn(C(C)C)cn1. The molecule has 2 aromatic rings. The summed E-state index contributed by atoms with van der Waals surface area (Å²) in [5.74, 6) is 0. The number of aliphatic hydroxyl groups is 1. The Hall–Kier alpha value is -1.86. The maximum Gasteiger partial charge on any atom is 0.283 e. The van der Waals surface area contributed by atoms with Crippen molar-refractivity contribution in [2.45, 2.75) is 44.4 Å². The molecule has 0 saturated heterocycles. The standard InChI is InChI=1S/C16H23N3O3S/c1-4-15(20)10-19(14-8-6-5-7-9-14)23(21,22)16-11-18(12-17-16)13(2)3/h5-9,11-13,15,20H,4,10H2,1-3H3. The summed E-state index contributed by atoms with van der Waals surface area (Å²) in [7, 11) is -3.83. The van der Waals surface area contributed by atoms with E-state index in [1.807, 2.05) is 26.8 Å². The maximum absolute atomic E-state index is 13.0. The number of sulfonamides is 1. The molecule has 0 radical (unpaired) electrons. The van der Waals surface area contributed by atoms with Crippen molar-refractivity contribution in [3.8, 4) is 0 Å². The van der Waals surface area contributed by atoms with E-state index in [0.717, 1.165) is 0 Å². The lowest BCUT2D eigenvalue weighted by Gasteiger charge is -2.25. The molecule has 6 nitrogen and oxygen atoms in total. The fourth-order valence-corrected chi connectivity index (χ4v) is 3.53. The van der Waals surface area contributed by atoms with E-state index in [1.54, 1.807) is 28.8 Å². The number of aromatic nitrogens is 2. The van der Waals surface area contributed by atoms with Crippen molar-refractivity contribution in [2.75, 3.05) is 10.8 Å². The summed E-state index contributed by atoms with van der Waals surface area (Å²) >= 11 is 0. The molecule has 1 heterocycles. The molecule has 1 N–H and O–H groups in total. The quantitative estimate of drug-likeness (QED) is 0.842. The van der Waals surface area contributed by atoms with Crippen LogP contribution in [0.15, 0.2) is 47.9 Å². The Morgan fingerprint density at radius 1 is 1.26 bits per heavy atom. The Morgan fingerprint density at radius 3 is 2.43 bits per heavy atom. The predicted molar refractivity (Wildman–Crippen MR) is 89.9 cm³/mol. The zero-order chi connectivity index (χ0) is 17.0. The van der Waals surface area contributed by atoms with Crippen molar-refractivity contribution in [1.82, 2.24) is 9.55 Å². The number of aliphatic hydroxyl groups excluding tert-OH is 1. The Labute approximate surface area is 137 Å². The number of hydrogen-bond acceptors (Lipinski definition) is 4. The van der Waals surface area contributed by atoms with Gasteiger partial charge in [-0.1, -0.05) is 25.1 Å². The highest BCUT2D eigenvalue weighted by Crippen LogP contribution is 2.23. The molecule has 0 bridgehead atoms. The highest BCUT2D eigenvalue weighted by molar-refractivity contribution is 7.92. The van der Waals surface area contributed by atoms with E-state index in [0.29, 0.717) is 12.1 Å². The second-order valence-electron chi connectivity index (χ2n) is 5.69. The molecule has 7 heteroatoms. The molecule has 0 amide bonds. The van der Waals surface area contributed by atoms with E-state index in [2.05, 4.69) is 4.98 Å². The normalized spacial score (nSPS) is 13.3. The van der Waals surface area contributed by atoms with Gasteiger partial charge in [0.1, 0.15) is 0 Å². The molecule has 23 heavy (non-hydrogen) atoms. The van der Waals surface area contributed by atoms with Gasteiger partial charge in [-0.3, -0.25) is 4.31 Å². The summed E-state index contributed by atoms with van der Waals surface area (Å²) in [6.45, 7) is 5.72. The Bertz CT molecular complexity index is 726. The number of anilines is 1. The first-order valence-corrected chi connectivity index (χ1v) is 9.09. The van der Waals surface area contributed by atoms with Gasteiger partial charge in [-0.2, -0.15) is 8.42 Å². The minimum atomic E-state index is -3.83. The molecule has 0 saturated carbocycles. The maximum atomic E-state index is 13.0. The van der Waals surface area contributed by atoms with Crippen molar-refractivity contribution >= 4 is 15.7 Å². The second kappa shape index (κ2) is 7.14. The topological polar surface area (TPSA) is 75.4 Å². The molecule has 1 aromatic carbocycles. The van der Waals surface area contributed by atoms with Crippen LogP contribution in [0.5, 0.6) is 0 Å². The van der Waals surface area contributed by atoms with Gasteiger partial charge < -0.3 is 9.67 Å². The van der Waals surface area contributed by atoms with Crippen molar-refractivity contribution in [2.24, 2.45) is 0 Å². The molecule has 126 valence electrons. The molecule has 0 spiro atoms. The molecule has 1 aromatic heterocycles. The van der Waals surface area contributed by atoms with Gasteiger partial charge in [0.05, 0.1) is 24.7 Å². The van der Waals surface area contributed by atoms with E-state index >= 15 is 0 Å². The third kappa shape index (κ3) is 3.92. The van der Waals surface area contributed by atoms with Gasteiger partial charge in [-0.05, 0) is 32.4 Å². The summed E-state index contributed by atoms with van der Waals surface area (Å²) in [5.41, 5.74) is 0.513. The van der Waals surface area contributed by atoms with Crippen LogP contribution < -0.4 is 4.31 Å². The van der Waals surface area contributed by atoms with Crippen LogP contribution >= 0.6 is 0 Å². The number of nitrogens with zero attached hydrogens (tertiary/aromatic N) is 3. The smallest absolute Gasteiger partial charge is 0.283 e. The minimum absolute atomic E-state index is 0.00259. The van der Waals surface area contributed by atoms with Crippen molar-refractivity contribution in [3.63, 3.8) is 0 Å². The summed E-state index contributed by atoms with van der Waals surface area (Å²) in [6, 6.07) is 8.89. The molecule has 1 atom stereocenters. The monoisotopic (exact) mass is 337 g/mol. The van der Waals surface area contributed by atoms with Gasteiger partial charge >= 0.3 is 0 Å². The molecule has 0 aliphatic heterocycles. The van der Waals surface area contributed by atoms with E-state index in [4.69, 9.17) is 0 Å². The van der Waals surface area contributed by atoms with Crippen LogP contribution in [0.25, 0.3) is 0 Å².